The van der Waals surface area contributed by atoms with Gasteiger partial charge in [0.2, 0.25) is 0 Å². The van der Waals surface area contributed by atoms with Crippen LogP contribution in [0.2, 0.25) is 0 Å². The number of thiocarbonyl (C=S) groups is 1. The van der Waals surface area contributed by atoms with E-state index >= 15 is 0 Å². The van der Waals surface area contributed by atoms with Crippen LogP contribution in [0, 0.1) is 0 Å². The van der Waals surface area contributed by atoms with E-state index in [1.807, 2.05) is 24.3 Å². The highest BCUT2D eigenvalue weighted by atomic mass is 32.1. The third-order valence-electron chi connectivity index (χ3n) is 3.36. The summed E-state index contributed by atoms with van der Waals surface area (Å²) in [5.41, 5.74) is 1.21. The van der Waals surface area contributed by atoms with E-state index in [9.17, 15) is 9.59 Å². The number of rotatable bonds is 7. The summed E-state index contributed by atoms with van der Waals surface area (Å²) in [6.07, 6.45) is 0. The second kappa shape index (κ2) is 9.29. The first kappa shape index (κ1) is 19.1. The molecule has 0 atom stereocenters. The highest BCUT2D eigenvalue weighted by Crippen LogP contribution is 2.18. The molecule has 0 radical (unpaired) electrons. The van der Waals surface area contributed by atoms with Crippen molar-refractivity contribution in [3.8, 4) is 5.75 Å². The minimum absolute atomic E-state index is 0.00632. The highest BCUT2D eigenvalue weighted by Gasteiger charge is 2.10. The zero-order chi connectivity index (χ0) is 18.2. The van der Waals surface area contributed by atoms with Crippen molar-refractivity contribution in [1.82, 2.24) is 10.6 Å². The maximum absolute atomic E-state index is 11.9. The van der Waals surface area contributed by atoms with Crippen LogP contribution in [-0.2, 0) is 4.79 Å². The zero-order valence-electron chi connectivity index (χ0n) is 14.1. The lowest BCUT2D eigenvalue weighted by atomic mass is 10.0. The quantitative estimate of drug-likeness (QED) is 0.727. The number of Topliss-reactive ketones (excluding diaryl/α,β-unsaturated/α-hetero) is 1. The molecule has 0 aliphatic carbocycles. The van der Waals surface area contributed by atoms with E-state index in [0.717, 1.165) is 0 Å². The summed E-state index contributed by atoms with van der Waals surface area (Å²) < 4.78 is 5.46. The van der Waals surface area contributed by atoms with Crippen LogP contribution in [0.3, 0.4) is 0 Å². The van der Waals surface area contributed by atoms with Gasteiger partial charge in [-0.05, 0) is 47.3 Å². The lowest BCUT2D eigenvalue weighted by Gasteiger charge is -2.10. The second-order valence-corrected chi connectivity index (χ2v) is 7.02. The number of thiophene rings is 1. The van der Waals surface area contributed by atoms with E-state index in [1.165, 1.54) is 16.9 Å². The third-order valence-corrected chi connectivity index (χ3v) is 4.48. The van der Waals surface area contributed by atoms with Crippen LogP contribution in [0.1, 0.15) is 35.0 Å². The predicted octanol–water partition coefficient (Wildman–Crippen LogP) is 3.12. The number of nitrogens with one attached hydrogen (secondary N) is 2. The van der Waals surface area contributed by atoms with Crippen molar-refractivity contribution in [2.75, 3.05) is 13.2 Å². The van der Waals surface area contributed by atoms with Gasteiger partial charge in [-0.15, -0.1) is 11.3 Å². The largest absolute Gasteiger partial charge is 0.486 e. The van der Waals surface area contributed by atoms with E-state index in [2.05, 4.69) is 24.5 Å². The van der Waals surface area contributed by atoms with Gasteiger partial charge in [-0.1, -0.05) is 32.0 Å². The molecule has 1 aromatic carbocycles. The number of ketones is 1. The van der Waals surface area contributed by atoms with Gasteiger partial charge in [0.05, 0.1) is 11.4 Å². The Bertz CT molecular complexity index is 725. The second-order valence-electron chi connectivity index (χ2n) is 5.67. The molecule has 1 amide bonds. The van der Waals surface area contributed by atoms with Gasteiger partial charge in [0.1, 0.15) is 12.4 Å². The van der Waals surface area contributed by atoms with E-state index in [1.54, 1.807) is 17.5 Å². The molecule has 132 valence electrons. The first-order valence-corrected chi connectivity index (χ1v) is 9.11. The molecule has 0 fully saturated rings. The van der Waals surface area contributed by atoms with Crippen LogP contribution in [0.15, 0.2) is 41.8 Å². The summed E-state index contributed by atoms with van der Waals surface area (Å²) in [7, 11) is 0. The Kier molecular flexibility index (Phi) is 7.09. The Morgan fingerprint density at radius 2 is 1.92 bits per heavy atom. The number of carbonyl (C=O) groups excluding carboxylic acids is 2. The molecular weight excluding hydrogens is 356 g/mol. The first-order chi connectivity index (χ1) is 12.0. The number of ether oxygens (including phenoxy) is 1. The molecule has 0 aliphatic heterocycles. The van der Waals surface area contributed by atoms with Gasteiger partial charge in [-0.2, -0.15) is 0 Å². The minimum atomic E-state index is -0.290. The summed E-state index contributed by atoms with van der Waals surface area (Å²) in [4.78, 5) is 24.2. The van der Waals surface area contributed by atoms with Crippen molar-refractivity contribution in [2.24, 2.45) is 0 Å². The van der Waals surface area contributed by atoms with Gasteiger partial charge >= 0.3 is 0 Å². The van der Waals surface area contributed by atoms with Gasteiger partial charge in [0, 0.05) is 0 Å². The Morgan fingerprint density at radius 1 is 1.20 bits per heavy atom. The van der Waals surface area contributed by atoms with Crippen molar-refractivity contribution >= 4 is 40.4 Å². The van der Waals surface area contributed by atoms with Crippen LogP contribution in [0.5, 0.6) is 5.75 Å². The Labute approximate surface area is 156 Å². The summed E-state index contributed by atoms with van der Waals surface area (Å²) in [5.74, 6) is 0.638. The molecule has 7 heteroatoms. The fraction of sp³-hybridized carbons (Fsp3) is 0.278. The van der Waals surface area contributed by atoms with E-state index < -0.39 is 0 Å². The van der Waals surface area contributed by atoms with E-state index in [4.69, 9.17) is 17.0 Å². The Hall–Kier alpha value is -2.25. The smallest absolute Gasteiger partial charge is 0.267 e. The molecular formula is C18H20N2O3S2. The molecule has 2 aromatic rings. The molecule has 1 heterocycles. The topological polar surface area (TPSA) is 67.4 Å². The minimum Gasteiger partial charge on any atom is -0.486 e. The summed E-state index contributed by atoms with van der Waals surface area (Å²) in [5, 5.41) is 7.16. The Balaban J connectivity index is 1.69. The van der Waals surface area contributed by atoms with Crippen LogP contribution < -0.4 is 15.4 Å². The van der Waals surface area contributed by atoms with Gasteiger partial charge in [0.15, 0.2) is 10.9 Å². The monoisotopic (exact) mass is 376 g/mol. The van der Waals surface area contributed by atoms with E-state index in [0.29, 0.717) is 16.5 Å². The SMILES string of the molecule is CC(C)c1ccc(OCC(=O)CNC(=S)NC(=O)c2cccs2)cc1. The molecule has 0 saturated heterocycles. The van der Waals surface area contributed by atoms with Gasteiger partial charge in [0.25, 0.3) is 5.91 Å². The van der Waals surface area contributed by atoms with Crippen molar-refractivity contribution in [3.05, 3.63) is 52.2 Å². The maximum atomic E-state index is 11.9. The Morgan fingerprint density at radius 3 is 2.52 bits per heavy atom. The number of hydrogen-bond donors (Lipinski definition) is 2. The molecule has 0 saturated carbocycles. The molecule has 0 bridgehead atoms. The zero-order valence-corrected chi connectivity index (χ0v) is 15.7. The fourth-order valence-electron chi connectivity index (χ4n) is 1.96. The standard InChI is InChI=1S/C18H20N2O3S2/c1-12(2)13-5-7-15(8-6-13)23-11-14(21)10-19-18(24)20-17(22)16-4-3-9-25-16/h3-9,12H,10-11H2,1-2H3,(H2,19,20,22,24). The molecule has 2 rings (SSSR count). The van der Waals surface area contributed by atoms with Crippen molar-refractivity contribution in [3.63, 3.8) is 0 Å². The number of benzene rings is 1. The molecule has 0 spiro atoms. The van der Waals surface area contributed by atoms with Gasteiger partial charge < -0.3 is 10.1 Å². The molecule has 2 N–H and O–H groups in total. The first-order valence-electron chi connectivity index (χ1n) is 7.83. The summed E-state index contributed by atoms with van der Waals surface area (Å²) in [6.45, 7) is 4.17. The molecule has 5 nitrogen and oxygen atoms in total. The average molecular weight is 377 g/mol. The number of carbonyl (C=O) groups is 2. The molecule has 0 aliphatic rings. The van der Waals surface area contributed by atoms with Crippen LogP contribution >= 0.6 is 23.6 Å². The average Bonchev–Trinajstić information content (AvgIpc) is 3.13. The molecule has 1 aromatic heterocycles. The van der Waals surface area contributed by atoms with Crippen molar-refractivity contribution in [1.29, 1.82) is 0 Å². The maximum Gasteiger partial charge on any atom is 0.267 e. The normalized spacial score (nSPS) is 10.4. The fourth-order valence-corrected chi connectivity index (χ4v) is 2.74. The van der Waals surface area contributed by atoms with E-state index in [-0.39, 0.29) is 30.0 Å². The number of amides is 1. The van der Waals surface area contributed by atoms with Crippen molar-refractivity contribution in [2.45, 2.75) is 19.8 Å². The third kappa shape index (κ3) is 6.28. The van der Waals surface area contributed by atoms with Gasteiger partial charge in [-0.25, -0.2) is 0 Å². The van der Waals surface area contributed by atoms with Crippen LogP contribution in [0.25, 0.3) is 0 Å². The highest BCUT2D eigenvalue weighted by molar-refractivity contribution is 7.80. The predicted molar refractivity (Wildman–Crippen MR) is 103 cm³/mol. The molecule has 0 unspecified atom stereocenters. The lowest BCUT2D eigenvalue weighted by Crippen LogP contribution is -2.42. The summed E-state index contributed by atoms with van der Waals surface area (Å²) >= 11 is 6.33. The summed E-state index contributed by atoms with van der Waals surface area (Å²) in [6, 6.07) is 11.1. The molecule has 25 heavy (non-hydrogen) atoms. The van der Waals surface area contributed by atoms with Gasteiger partial charge in [-0.3, -0.25) is 14.9 Å². The lowest BCUT2D eigenvalue weighted by molar-refractivity contribution is -0.119. The number of hydrogen-bond acceptors (Lipinski definition) is 5. The van der Waals surface area contributed by atoms with Crippen LogP contribution in [0.4, 0.5) is 0 Å². The van der Waals surface area contributed by atoms with Crippen molar-refractivity contribution < 1.29 is 14.3 Å². The van der Waals surface area contributed by atoms with Crippen LogP contribution in [-0.4, -0.2) is 30.0 Å².